The third-order valence-electron chi connectivity index (χ3n) is 9.02. The standard InChI is InChI=1S/C48H80O6/c1-4-7-10-13-16-19-21-23-24-25-27-29-32-35-38-41-47(50)53-44-45(43-52-46(49)40-37-34-31-28-18-15-12-9-6-3)54-48(51)42-39-36-33-30-26-22-20-17-14-11-8-5-2/h7-8,10-11,13,16-17,19-21,26,30,45H,4-6,9,12,14-15,18,22-25,27-29,31-44H2,1-3H3/b10-7-,11-8-,16-13-,20-17-,21-19-,30-26-. The van der Waals surface area contributed by atoms with Gasteiger partial charge in [-0.2, -0.15) is 0 Å². The molecule has 0 bridgehead atoms. The highest BCUT2D eigenvalue weighted by Crippen LogP contribution is 2.13. The second kappa shape index (κ2) is 42.6. The van der Waals surface area contributed by atoms with Crippen molar-refractivity contribution in [1.29, 1.82) is 0 Å². The van der Waals surface area contributed by atoms with E-state index in [-0.39, 0.29) is 37.5 Å². The van der Waals surface area contributed by atoms with E-state index in [2.05, 4.69) is 93.7 Å². The quantitative estimate of drug-likeness (QED) is 0.0205. The monoisotopic (exact) mass is 753 g/mol. The molecule has 54 heavy (non-hydrogen) atoms. The smallest absolute Gasteiger partial charge is 0.306 e. The van der Waals surface area contributed by atoms with Crippen LogP contribution in [0.2, 0.25) is 0 Å². The van der Waals surface area contributed by atoms with E-state index < -0.39 is 6.10 Å². The molecule has 0 aliphatic carbocycles. The van der Waals surface area contributed by atoms with E-state index in [0.717, 1.165) is 83.5 Å². The summed E-state index contributed by atoms with van der Waals surface area (Å²) in [5, 5.41) is 0. The second-order valence-electron chi connectivity index (χ2n) is 14.3. The fourth-order valence-electron chi connectivity index (χ4n) is 5.75. The van der Waals surface area contributed by atoms with E-state index in [4.69, 9.17) is 14.2 Å². The first-order valence-corrected chi connectivity index (χ1v) is 22.0. The summed E-state index contributed by atoms with van der Waals surface area (Å²) in [6.45, 7) is 6.30. The molecule has 1 atom stereocenters. The molecular formula is C48H80O6. The Balaban J connectivity index is 4.43. The van der Waals surface area contributed by atoms with Crippen LogP contribution in [0.15, 0.2) is 72.9 Å². The van der Waals surface area contributed by atoms with E-state index in [9.17, 15) is 14.4 Å². The topological polar surface area (TPSA) is 78.9 Å². The van der Waals surface area contributed by atoms with Gasteiger partial charge in [-0.1, -0.05) is 177 Å². The first-order valence-electron chi connectivity index (χ1n) is 22.0. The fraction of sp³-hybridized carbons (Fsp3) is 0.688. The van der Waals surface area contributed by atoms with Crippen molar-refractivity contribution in [2.24, 2.45) is 0 Å². The van der Waals surface area contributed by atoms with Crippen LogP contribution in [-0.2, 0) is 28.6 Å². The van der Waals surface area contributed by atoms with Crippen LogP contribution >= 0.6 is 0 Å². The fourth-order valence-corrected chi connectivity index (χ4v) is 5.75. The van der Waals surface area contributed by atoms with Gasteiger partial charge in [-0.15, -0.1) is 0 Å². The van der Waals surface area contributed by atoms with Gasteiger partial charge in [0.25, 0.3) is 0 Å². The summed E-state index contributed by atoms with van der Waals surface area (Å²) in [5.74, 6) is -0.957. The summed E-state index contributed by atoms with van der Waals surface area (Å²) in [6, 6.07) is 0. The number of rotatable bonds is 38. The molecule has 0 fully saturated rings. The van der Waals surface area contributed by atoms with Gasteiger partial charge in [-0.3, -0.25) is 14.4 Å². The molecule has 0 radical (unpaired) electrons. The number of hydrogen-bond acceptors (Lipinski definition) is 6. The minimum Gasteiger partial charge on any atom is -0.462 e. The number of carbonyl (C=O) groups is 3. The molecule has 6 nitrogen and oxygen atoms in total. The zero-order valence-corrected chi connectivity index (χ0v) is 35.0. The number of allylic oxidation sites excluding steroid dienone is 12. The Labute approximate surface area is 332 Å². The second-order valence-corrected chi connectivity index (χ2v) is 14.3. The largest absolute Gasteiger partial charge is 0.462 e. The van der Waals surface area contributed by atoms with Crippen molar-refractivity contribution in [3.8, 4) is 0 Å². The van der Waals surface area contributed by atoms with Crippen molar-refractivity contribution in [2.45, 2.75) is 200 Å². The van der Waals surface area contributed by atoms with Gasteiger partial charge in [0.05, 0.1) is 0 Å². The normalized spacial score (nSPS) is 12.7. The SMILES string of the molecule is CC\C=C/C=C\C=C/CCCCCCCCCC(=O)OCC(COC(=O)CCCCCCCCCCC)OC(=O)CCCC/C=C\C/C=C\C/C=C\CC. The highest BCUT2D eigenvalue weighted by Gasteiger charge is 2.19. The van der Waals surface area contributed by atoms with Crippen LogP contribution in [0.25, 0.3) is 0 Å². The number of carbonyl (C=O) groups excluding carboxylic acids is 3. The molecule has 308 valence electrons. The number of esters is 3. The first-order chi connectivity index (χ1) is 26.5. The van der Waals surface area contributed by atoms with Crippen molar-refractivity contribution in [1.82, 2.24) is 0 Å². The maximum atomic E-state index is 12.7. The molecule has 0 saturated heterocycles. The Morgan fingerprint density at radius 2 is 0.815 bits per heavy atom. The lowest BCUT2D eigenvalue weighted by atomic mass is 10.1. The lowest BCUT2D eigenvalue weighted by Crippen LogP contribution is -2.30. The van der Waals surface area contributed by atoms with Crippen molar-refractivity contribution in [3.63, 3.8) is 0 Å². The molecule has 0 aromatic rings. The van der Waals surface area contributed by atoms with Gasteiger partial charge in [-0.25, -0.2) is 0 Å². The highest BCUT2D eigenvalue weighted by atomic mass is 16.6. The first kappa shape index (κ1) is 50.9. The van der Waals surface area contributed by atoms with Crippen LogP contribution in [-0.4, -0.2) is 37.2 Å². The van der Waals surface area contributed by atoms with Gasteiger partial charge < -0.3 is 14.2 Å². The van der Waals surface area contributed by atoms with Crippen LogP contribution in [0.4, 0.5) is 0 Å². The predicted molar refractivity (Wildman–Crippen MR) is 228 cm³/mol. The number of hydrogen-bond donors (Lipinski definition) is 0. The highest BCUT2D eigenvalue weighted by molar-refractivity contribution is 5.71. The van der Waals surface area contributed by atoms with Gasteiger partial charge in [0, 0.05) is 19.3 Å². The molecule has 0 heterocycles. The molecule has 6 heteroatoms. The van der Waals surface area contributed by atoms with E-state index in [1.807, 2.05) is 0 Å². The van der Waals surface area contributed by atoms with Crippen LogP contribution in [0.1, 0.15) is 194 Å². The van der Waals surface area contributed by atoms with E-state index in [0.29, 0.717) is 19.3 Å². The molecule has 0 aliphatic rings. The molecule has 0 N–H and O–H groups in total. The summed E-state index contributed by atoms with van der Waals surface area (Å²) in [5.41, 5.74) is 0. The van der Waals surface area contributed by atoms with Gasteiger partial charge >= 0.3 is 17.9 Å². The predicted octanol–water partition coefficient (Wildman–Crippen LogP) is 13.9. The zero-order chi connectivity index (χ0) is 39.4. The Kier molecular flexibility index (Phi) is 40.1. The Morgan fingerprint density at radius 1 is 0.407 bits per heavy atom. The van der Waals surface area contributed by atoms with E-state index in [1.54, 1.807) is 0 Å². The van der Waals surface area contributed by atoms with Gasteiger partial charge in [0.1, 0.15) is 13.2 Å². The van der Waals surface area contributed by atoms with Gasteiger partial charge in [-0.05, 0) is 70.6 Å². The van der Waals surface area contributed by atoms with Crippen LogP contribution < -0.4 is 0 Å². The summed E-state index contributed by atoms with van der Waals surface area (Å²) in [4.78, 5) is 37.6. The lowest BCUT2D eigenvalue weighted by Gasteiger charge is -2.18. The summed E-state index contributed by atoms with van der Waals surface area (Å²) in [6.07, 6.45) is 51.7. The number of unbranched alkanes of at least 4 members (excludes halogenated alkanes) is 17. The molecular weight excluding hydrogens is 673 g/mol. The van der Waals surface area contributed by atoms with E-state index in [1.165, 1.54) is 64.2 Å². The van der Waals surface area contributed by atoms with Crippen LogP contribution in [0.3, 0.4) is 0 Å². The summed E-state index contributed by atoms with van der Waals surface area (Å²) in [7, 11) is 0. The molecule has 0 aromatic carbocycles. The van der Waals surface area contributed by atoms with Crippen molar-refractivity contribution in [3.05, 3.63) is 72.9 Å². The van der Waals surface area contributed by atoms with Crippen molar-refractivity contribution >= 4 is 17.9 Å². The van der Waals surface area contributed by atoms with Crippen molar-refractivity contribution in [2.75, 3.05) is 13.2 Å². The third-order valence-corrected chi connectivity index (χ3v) is 9.02. The molecule has 0 amide bonds. The molecule has 0 rings (SSSR count). The van der Waals surface area contributed by atoms with Crippen LogP contribution in [0, 0.1) is 0 Å². The molecule has 0 spiro atoms. The third kappa shape index (κ3) is 40.0. The summed E-state index contributed by atoms with van der Waals surface area (Å²) < 4.78 is 16.6. The molecule has 1 unspecified atom stereocenters. The maximum absolute atomic E-state index is 12.7. The Morgan fingerprint density at radius 3 is 1.37 bits per heavy atom. The maximum Gasteiger partial charge on any atom is 0.306 e. The van der Waals surface area contributed by atoms with Crippen LogP contribution in [0.5, 0.6) is 0 Å². The Bertz CT molecular complexity index is 1050. The Hall–Kier alpha value is -3.15. The average molecular weight is 753 g/mol. The average Bonchev–Trinajstić information content (AvgIpc) is 3.17. The van der Waals surface area contributed by atoms with Crippen molar-refractivity contribution < 1.29 is 28.6 Å². The van der Waals surface area contributed by atoms with E-state index >= 15 is 0 Å². The minimum atomic E-state index is -0.795. The van der Waals surface area contributed by atoms with Gasteiger partial charge in [0.2, 0.25) is 0 Å². The molecule has 0 aliphatic heterocycles. The minimum absolute atomic E-state index is 0.0947. The summed E-state index contributed by atoms with van der Waals surface area (Å²) >= 11 is 0. The molecule has 0 saturated carbocycles. The lowest BCUT2D eigenvalue weighted by molar-refractivity contribution is -0.167. The number of ether oxygens (including phenoxy) is 3. The molecule has 0 aromatic heterocycles. The zero-order valence-electron chi connectivity index (χ0n) is 35.0. The van der Waals surface area contributed by atoms with Gasteiger partial charge in [0.15, 0.2) is 6.10 Å².